The van der Waals surface area contributed by atoms with Gasteiger partial charge in [0.15, 0.2) is 5.69 Å². The molecule has 1 aromatic heterocycles. The third kappa shape index (κ3) is 4.98. The van der Waals surface area contributed by atoms with Crippen molar-refractivity contribution in [2.45, 2.75) is 18.1 Å². The van der Waals surface area contributed by atoms with Crippen molar-refractivity contribution in [3.8, 4) is 17.3 Å². The quantitative estimate of drug-likeness (QED) is 0.171. The first-order valence-electron chi connectivity index (χ1n) is 12.4. The minimum absolute atomic E-state index is 0.0459. The molecule has 4 aromatic rings. The van der Waals surface area contributed by atoms with Gasteiger partial charge in [0.05, 0.1) is 23.8 Å². The number of aromatic nitrogens is 1. The van der Waals surface area contributed by atoms with E-state index in [4.69, 9.17) is 4.74 Å². The highest BCUT2D eigenvalue weighted by Crippen LogP contribution is 2.45. The monoisotopic (exact) mass is 577 g/mol. The van der Waals surface area contributed by atoms with Crippen molar-refractivity contribution in [3.05, 3.63) is 102 Å². The van der Waals surface area contributed by atoms with Gasteiger partial charge in [-0.15, -0.1) is 5.11 Å². The Kier molecular flexibility index (Phi) is 7.07. The van der Waals surface area contributed by atoms with Gasteiger partial charge in [0.25, 0.3) is 0 Å². The molecule has 3 N–H and O–H groups in total. The molecule has 1 heterocycles. The number of rotatable bonds is 6. The van der Waals surface area contributed by atoms with E-state index in [1.54, 1.807) is 24.3 Å². The number of hydrogen-bond donors (Lipinski definition) is 3. The number of carbonyl (C=O) groups excluding carboxylic acids is 1. The summed E-state index contributed by atoms with van der Waals surface area (Å²) in [6, 6.07) is 14.7. The SMILES string of the molecule is COC(=O)c1cccc(-n2c(O)c(N=NC3(C(=O)O)C=CC=C(c4ccccc4O)C3)c3ccc(C(F)(F)F)cc32)c1. The van der Waals surface area contributed by atoms with Crippen LogP contribution in [0.5, 0.6) is 11.6 Å². The molecular weight excluding hydrogens is 555 g/mol. The number of carboxylic acids is 1. The molecule has 5 rings (SSSR count). The number of benzene rings is 3. The minimum atomic E-state index is -4.71. The van der Waals surface area contributed by atoms with Gasteiger partial charge in [0, 0.05) is 23.1 Å². The number of hydrogen-bond acceptors (Lipinski definition) is 7. The van der Waals surface area contributed by atoms with E-state index in [0.29, 0.717) is 11.1 Å². The fourth-order valence-corrected chi connectivity index (χ4v) is 4.74. The number of aromatic hydroxyl groups is 2. The second-order valence-corrected chi connectivity index (χ2v) is 9.45. The second kappa shape index (κ2) is 10.5. The van der Waals surface area contributed by atoms with Crippen molar-refractivity contribution >= 4 is 34.1 Å². The maximum atomic E-state index is 13.6. The van der Waals surface area contributed by atoms with E-state index < -0.39 is 35.1 Å². The van der Waals surface area contributed by atoms with Gasteiger partial charge in [0.2, 0.25) is 11.4 Å². The highest BCUT2D eigenvalue weighted by molar-refractivity contribution is 5.97. The van der Waals surface area contributed by atoms with Crippen LogP contribution in [0.4, 0.5) is 18.9 Å². The van der Waals surface area contributed by atoms with Gasteiger partial charge < -0.3 is 20.1 Å². The van der Waals surface area contributed by atoms with Crippen molar-refractivity contribution < 1.29 is 42.8 Å². The number of aliphatic carboxylic acids is 1. The highest BCUT2D eigenvalue weighted by atomic mass is 19.4. The first-order valence-corrected chi connectivity index (χ1v) is 12.4. The molecule has 0 fully saturated rings. The zero-order valence-electron chi connectivity index (χ0n) is 21.8. The summed E-state index contributed by atoms with van der Waals surface area (Å²) < 4.78 is 46.7. The number of alkyl halides is 3. The Hall–Kier alpha value is -5.39. The van der Waals surface area contributed by atoms with Gasteiger partial charge in [-0.2, -0.15) is 18.3 Å². The van der Waals surface area contributed by atoms with Crippen molar-refractivity contribution in [3.63, 3.8) is 0 Å². The van der Waals surface area contributed by atoms with Crippen LogP contribution in [0.25, 0.3) is 22.2 Å². The van der Waals surface area contributed by atoms with Crippen LogP contribution in [0.2, 0.25) is 0 Å². The van der Waals surface area contributed by atoms with E-state index in [2.05, 4.69) is 10.2 Å². The molecule has 1 aliphatic carbocycles. The fourth-order valence-electron chi connectivity index (χ4n) is 4.74. The first-order chi connectivity index (χ1) is 19.9. The Labute approximate surface area is 236 Å². The molecule has 0 saturated heterocycles. The Morgan fingerprint density at radius 3 is 2.48 bits per heavy atom. The molecule has 3 aromatic carbocycles. The van der Waals surface area contributed by atoms with E-state index in [-0.39, 0.29) is 40.0 Å². The van der Waals surface area contributed by atoms with Crippen LogP contribution < -0.4 is 0 Å². The number of phenolic OH excluding ortho intramolecular Hbond substituents is 1. The number of carbonyl (C=O) groups is 2. The first kappa shape index (κ1) is 28.1. The average Bonchev–Trinajstić information content (AvgIpc) is 3.25. The van der Waals surface area contributed by atoms with Crippen molar-refractivity contribution in [2.75, 3.05) is 7.11 Å². The van der Waals surface area contributed by atoms with E-state index in [1.807, 2.05) is 0 Å². The third-order valence-corrected chi connectivity index (χ3v) is 6.85. The summed E-state index contributed by atoms with van der Waals surface area (Å²) in [6.45, 7) is 0. The van der Waals surface area contributed by atoms with E-state index in [9.17, 15) is 38.1 Å². The topological polar surface area (TPSA) is 134 Å². The number of phenols is 1. The largest absolute Gasteiger partial charge is 0.507 e. The lowest BCUT2D eigenvalue weighted by molar-refractivity contribution is -0.141. The lowest BCUT2D eigenvalue weighted by Gasteiger charge is -2.25. The van der Waals surface area contributed by atoms with E-state index in [1.165, 1.54) is 49.6 Å². The zero-order chi connectivity index (χ0) is 30.2. The van der Waals surface area contributed by atoms with Crippen LogP contribution in [0.3, 0.4) is 0 Å². The van der Waals surface area contributed by atoms with Crippen LogP contribution in [0, 0.1) is 0 Å². The summed E-state index contributed by atoms with van der Waals surface area (Å²) in [4.78, 5) is 24.6. The standard InChI is InChI=1S/C30H22F3N3O6/c1-42-27(39)17-6-4-8-20(14-17)36-23-15-19(30(31,32)33)11-12-22(23)25(26(36)38)34-35-29(28(40)41)13-5-7-18(16-29)21-9-2-3-10-24(21)37/h2-15,37-38H,16H2,1H3,(H,40,41). The van der Waals surface area contributed by atoms with Gasteiger partial charge >= 0.3 is 18.1 Å². The lowest BCUT2D eigenvalue weighted by atomic mass is 9.84. The summed E-state index contributed by atoms with van der Waals surface area (Å²) in [5.41, 5.74) is -2.30. The van der Waals surface area contributed by atoms with Crippen LogP contribution in [-0.4, -0.2) is 44.5 Å². The lowest BCUT2D eigenvalue weighted by Crippen LogP contribution is -2.35. The molecule has 0 bridgehead atoms. The number of allylic oxidation sites excluding steroid dienone is 2. The van der Waals surface area contributed by atoms with Crippen molar-refractivity contribution in [1.82, 2.24) is 4.57 Å². The normalized spacial score (nSPS) is 17.0. The van der Waals surface area contributed by atoms with Gasteiger partial charge in [-0.05, 0) is 54.1 Å². The molecule has 214 valence electrons. The van der Waals surface area contributed by atoms with Crippen molar-refractivity contribution in [1.29, 1.82) is 0 Å². The molecule has 1 unspecified atom stereocenters. The number of azo groups is 1. The molecule has 0 spiro atoms. The summed E-state index contributed by atoms with van der Waals surface area (Å²) in [5, 5.41) is 39.9. The Bertz CT molecular complexity index is 1820. The number of nitrogens with zero attached hydrogens (tertiary/aromatic N) is 3. The van der Waals surface area contributed by atoms with Crippen LogP contribution >= 0.6 is 0 Å². The summed E-state index contributed by atoms with van der Waals surface area (Å²) in [5.74, 6) is -2.78. The predicted molar refractivity (Wildman–Crippen MR) is 146 cm³/mol. The van der Waals surface area contributed by atoms with Gasteiger partial charge in [-0.1, -0.05) is 36.4 Å². The summed E-state index contributed by atoms with van der Waals surface area (Å²) >= 11 is 0. The molecule has 0 aliphatic heterocycles. The van der Waals surface area contributed by atoms with Gasteiger partial charge in [-0.25, -0.2) is 9.59 Å². The number of esters is 1. The highest BCUT2D eigenvalue weighted by Gasteiger charge is 2.40. The number of halogens is 3. The number of ether oxygens (including phenoxy) is 1. The number of fused-ring (bicyclic) bond motifs is 1. The Morgan fingerprint density at radius 1 is 1.02 bits per heavy atom. The number of para-hydroxylation sites is 1. The molecule has 1 atom stereocenters. The van der Waals surface area contributed by atoms with Crippen molar-refractivity contribution in [2.24, 2.45) is 10.2 Å². The van der Waals surface area contributed by atoms with E-state index >= 15 is 0 Å². The molecule has 42 heavy (non-hydrogen) atoms. The van der Waals surface area contributed by atoms with Gasteiger partial charge in [0.1, 0.15) is 5.75 Å². The maximum absolute atomic E-state index is 13.6. The molecule has 0 amide bonds. The molecule has 1 aliphatic rings. The Balaban J connectivity index is 1.66. The smallest absolute Gasteiger partial charge is 0.416 e. The molecule has 12 heteroatoms. The summed E-state index contributed by atoms with van der Waals surface area (Å²) in [7, 11) is 1.17. The molecule has 0 saturated carbocycles. The number of methoxy groups -OCH3 is 1. The van der Waals surface area contributed by atoms with Crippen LogP contribution in [-0.2, 0) is 15.7 Å². The molecule has 0 radical (unpaired) electrons. The second-order valence-electron chi connectivity index (χ2n) is 9.45. The summed E-state index contributed by atoms with van der Waals surface area (Å²) in [6.07, 6.45) is -0.545. The Morgan fingerprint density at radius 2 is 1.79 bits per heavy atom. The maximum Gasteiger partial charge on any atom is 0.416 e. The number of carboxylic acid groups (broad SMARTS) is 1. The predicted octanol–water partition coefficient (Wildman–Crippen LogP) is 6.80. The average molecular weight is 578 g/mol. The van der Waals surface area contributed by atoms with Crippen LogP contribution in [0.1, 0.15) is 27.9 Å². The molecule has 9 nitrogen and oxygen atoms in total. The molecular formula is C30H22F3N3O6. The van der Waals surface area contributed by atoms with Gasteiger partial charge in [-0.3, -0.25) is 4.57 Å². The van der Waals surface area contributed by atoms with Crippen LogP contribution in [0.15, 0.2) is 95.2 Å². The third-order valence-electron chi connectivity index (χ3n) is 6.85. The minimum Gasteiger partial charge on any atom is -0.507 e. The van der Waals surface area contributed by atoms with E-state index in [0.717, 1.165) is 22.8 Å². The zero-order valence-corrected chi connectivity index (χ0v) is 21.8. The fraction of sp³-hybridized carbons (Fsp3) is 0.133.